The van der Waals surface area contributed by atoms with Crippen LogP contribution in [0.1, 0.15) is 32.3 Å². The molecule has 19 heavy (non-hydrogen) atoms. The molecular weight excluding hydrogens is 238 g/mol. The molecule has 0 aromatic heterocycles. The Morgan fingerprint density at radius 2 is 2.00 bits per heavy atom. The second-order valence-corrected chi connectivity index (χ2v) is 4.36. The molecule has 0 aliphatic carbocycles. The molecule has 3 nitrogen and oxygen atoms in total. The lowest BCUT2D eigenvalue weighted by Gasteiger charge is -2.15. The van der Waals surface area contributed by atoms with Gasteiger partial charge in [0, 0.05) is 0 Å². The molecular formula is C16H23NO2. The number of ether oxygens (including phenoxy) is 2. The van der Waals surface area contributed by atoms with Gasteiger partial charge in [-0.05, 0) is 24.1 Å². The van der Waals surface area contributed by atoms with Gasteiger partial charge in [0.15, 0.2) is 0 Å². The van der Waals surface area contributed by atoms with Gasteiger partial charge in [0.1, 0.15) is 11.5 Å². The Kier molecular flexibility index (Phi) is 6.84. The molecule has 0 heterocycles. The van der Waals surface area contributed by atoms with Crippen molar-refractivity contribution in [3.63, 3.8) is 0 Å². The third-order valence-corrected chi connectivity index (χ3v) is 3.14. The van der Waals surface area contributed by atoms with Crippen LogP contribution in [0.4, 0.5) is 0 Å². The zero-order valence-corrected chi connectivity index (χ0v) is 12.0. The lowest BCUT2D eigenvalue weighted by molar-refractivity contribution is 0.240. The van der Waals surface area contributed by atoms with Gasteiger partial charge in [-0.3, -0.25) is 0 Å². The maximum atomic E-state index is 5.88. The molecule has 0 amide bonds. The van der Waals surface area contributed by atoms with E-state index in [0.717, 1.165) is 36.5 Å². The molecule has 1 rings (SSSR count). The molecule has 0 saturated carbocycles. The average Bonchev–Trinajstić information content (AvgIpc) is 2.46. The summed E-state index contributed by atoms with van der Waals surface area (Å²) in [6.45, 7) is 5.42. The van der Waals surface area contributed by atoms with Crippen LogP contribution in [0, 0.1) is 17.8 Å². The van der Waals surface area contributed by atoms with Crippen LogP contribution in [0.5, 0.6) is 11.5 Å². The summed E-state index contributed by atoms with van der Waals surface area (Å²) in [5.74, 6) is 8.04. The Bertz CT molecular complexity index is 442. The zero-order valence-electron chi connectivity index (χ0n) is 12.0. The van der Waals surface area contributed by atoms with Crippen LogP contribution in [0.3, 0.4) is 0 Å². The van der Waals surface area contributed by atoms with E-state index >= 15 is 0 Å². The summed E-state index contributed by atoms with van der Waals surface area (Å²) in [5.41, 5.74) is 6.25. The van der Waals surface area contributed by atoms with Crippen molar-refractivity contribution < 1.29 is 9.47 Å². The smallest absolute Gasteiger partial charge is 0.135 e. The predicted molar refractivity (Wildman–Crippen MR) is 78.5 cm³/mol. The Balaban J connectivity index is 2.86. The van der Waals surface area contributed by atoms with Crippen LogP contribution in [0.25, 0.3) is 0 Å². The van der Waals surface area contributed by atoms with Gasteiger partial charge in [0.05, 0.1) is 25.8 Å². The van der Waals surface area contributed by atoms with E-state index < -0.39 is 0 Å². The highest BCUT2D eigenvalue weighted by Gasteiger charge is 2.08. The molecule has 0 saturated heterocycles. The summed E-state index contributed by atoms with van der Waals surface area (Å²) in [5, 5.41) is 0. The van der Waals surface area contributed by atoms with Crippen molar-refractivity contribution in [2.24, 2.45) is 11.7 Å². The molecule has 0 atom stereocenters. The van der Waals surface area contributed by atoms with E-state index in [1.165, 1.54) is 0 Å². The number of rotatable bonds is 6. The highest BCUT2D eigenvalue weighted by Crippen LogP contribution is 2.24. The molecule has 1 aromatic carbocycles. The molecule has 0 aliphatic rings. The minimum atomic E-state index is 0.337. The standard InChI is InChI=1S/C16H23NO2/c1-4-13(5-2)12-19-16-9-8-15(18-3)11-14(16)7-6-10-17/h8-9,11,13H,4-5,10,12,17H2,1-3H3. The first-order valence-electron chi connectivity index (χ1n) is 6.74. The highest BCUT2D eigenvalue weighted by atomic mass is 16.5. The Morgan fingerprint density at radius 3 is 2.58 bits per heavy atom. The van der Waals surface area contributed by atoms with Crippen LogP contribution in [0.2, 0.25) is 0 Å². The van der Waals surface area contributed by atoms with Gasteiger partial charge >= 0.3 is 0 Å². The third-order valence-electron chi connectivity index (χ3n) is 3.14. The van der Waals surface area contributed by atoms with E-state index in [2.05, 4.69) is 25.7 Å². The molecule has 0 fully saturated rings. The van der Waals surface area contributed by atoms with E-state index in [-0.39, 0.29) is 0 Å². The van der Waals surface area contributed by atoms with Crippen LogP contribution < -0.4 is 15.2 Å². The highest BCUT2D eigenvalue weighted by molar-refractivity contribution is 5.50. The van der Waals surface area contributed by atoms with Gasteiger partial charge in [-0.25, -0.2) is 0 Å². The molecule has 0 radical (unpaired) electrons. The number of nitrogens with two attached hydrogens (primary N) is 1. The summed E-state index contributed by atoms with van der Waals surface area (Å²) < 4.78 is 11.1. The Labute approximate surface area is 116 Å². The summed E-state index contributed by atoms with van der Waals surface area (Å²) in [7, 11) is 1.64. The Hall–Kier alpha value is -1.66. The fourth-order valence-electron chi connectivity index (χ4n) is 1.74. The number of methoxy groups -OCH3 is 1. The van der Waals surface area contributed by atoms with Crippen LogP contribution >= 0.6 is 0 Å². The molecule has 0 aliphatic heterocycles. The normalized spacial score (nSPS) is 9.95. The lowest BCUT2D eigenvalue weighted by Crippen LogP contribution is -2.10. The second kappa shape index (κ2) is 8.44. The lowest BCUT2D eigenvalue weighted by atomic mass is 10.1. The van der Waals surface area contributed by atoms with E-state index in [9.17, 15) is 0 Å². The molecule has 2 N–H and O–H groups in total. The van der Waals surface area contributed by atoms with Crippen molar-refractivity contribution in [3.05, 3.63) is 23.8 Å². The fourth-order valence-corrected chi connectivity index (χ4v) is 1.74. The molecule has 104 valence electrons. The minimum Gasteiger partial charge on any atom is -0.497 e. The zero-order chi connectivity index (χ0) is 14.1. The monoisotopic (exact) mass is 261 g/mol. The second-order valence-electron chi connectivity index (χ2n) is 4.36. The van der Waals surface area contributed by atoms with Crippen LogP contribution in [-0.4, -0.2) is 20.3 Å². The molecule has 1 aromatic rings. The van der Waals surface area contributed by atoms with Crippen molar-refractivity contribution in [1.29, 1.82) is 0 Å². The third kappa shape index (κ3) is 4.84. The predicted octanol–water partition coefficient (Wildman–Crippen LogP) is 2.82. The Morgan fingerprint density at radius 1 is 1.26 bits per heavy atom. The molecule has 0 bridgehead atoms. The topological polar surface area (TPSA) is 44.5 Å². The summed E-state index contributed by atoms with van der Waals surface area (Å²) >= 11 is 0. The quantitative estimate of drug-likeness (QED) is 0.801. The van der Waals surface area contributed by atoms with Gasteiger partial charge < -0.3 is 15.2 Å². The summed E-state index contributed by atoms with van der Waals surface area (Å²) in [4.78, 5) is 0. The van der Waals surface area contributed by atoms with E-state index in [1.807, 2.05) is 18.2 Å². The molecule has 3 heteroatoms. The maximum Gasteiger partial charge on any atom is 0.135 e. The first-order chi connectivity index (χ1) is 9.24. The van der Waals surface area contributed by atoms with Gasteiger partial charge in [0.2, 0.25) is 0 Å². The maximum absolute atomic E-state index is 5.88. The molecule has 0 unspecified atom stereocenters. The summed E-state index contributed by atoms with van der Waals surface area (Å²) in [6.07, 6.45) is 2.24. The van der Waals surface area contributed by atoms with Crippen molar-refractivity contribution in [2.75, 3.05) is 20.3 Å². The number of hydrogen-bond acceptors (Lipinski definition) is 3. The number of benzene rings is 1. The fraction of sp³-hybridized carbons (Fsp3) is 0.500. The number of hydrogen-bond donors (Lipinski definition) is 1. The van der Waals surface area contributed by atoms with Gasteiger partial charge in [-0.1, -0.05) is 38.5 Å². The average molecular weight is 261 g/mol. The van der Waals surface area contributed by atoms with E-state index in [0.29, 0.717) is 12.5 Å². The van der Waals surface area contributed by atoms with Crippen molar-refractivity contribution in [1.82, 2.24) is 0 Å². The van der Waals surface area contributed by atoms with Gasteiger partial charge in [0.25, 0.3) is 0 Å². The van der Waals surface area contributed by atoms with E-state index in [4.69, 9.17) is 15.2 Å². The van der Waals surface area contributed by atoms with Crippen LogP contribution in [-0.2, 0) is 0 Å². The van der Waals surface area contributed by atoms with E-state index in [1.54, 1.807) is 7.11 Å². The first kappa shape index (κ1) is 15.4. The summed E-state index contributed by atoms with van der Waals surface area (Å²) in [6, 6.07) is 5.67. The SMILES string of the molecule is CCC(CC)COc1ccc(OC)cc1C#CCN. The first-order valence-corrected chi connectivity index (χ1v) is 6.74. The van der Waals surface area contributed by atoms with Gasteiger partial charge in [-0.15, -0.1) is 0 Å². The van der Waals surface area contributed by atoms with Crippen molar-refractivity contribution in [2.45, 2.75) is 26.7 Å². The minimum absolute atomic E-state index is 0.337. The van der Waals surface area contributed by atoms with Gasteiger partial charge in [-0.2, -0.15) is 0 Å². The van der Waals surface area contributed by atoms with Crippen molar-refractivity contribution >= 4 is 0 Å². The van der Waals surface area contributed by atoms with Crippen LogP contribution in [0.15, 0.2) is 18.2 Å². The molecule has 0 spiro atoms. The largest absolute Gasteiger partial charge is 0.497 e. The van der Waals surface area contributed by atoms with Crippen molar-refractivity contribution in [3.8, 4) is 23.3 Å².